The zero-order chi connectivity index (χ0) is 17.1. The Morgan fingerprint density at radius 2 is 1.83 bits per heavy atom. The van der Waals surface area contributed by atoms with Crippen molar-refractivity contribution < 1.29 is 9.13 Å². The van der Waals surface area contributed by atoms with E-state index in [-0.39, 0.29) is 5.82 Å². The van der Waals surface area contributed by atoms with E-state index in [1.807, 2.05) is 17.9 Å². The lowest BCUT2D eigenvalue weighted by Crippen LogP contribution is -2.47. The molecule has 6 nitrogen and oxygen atoms in total. The van der Waals surface area contributed by atoms with Crippen molar-refractivity contribution in [2.24, 2.45) is 0 Å². The van der Waals surface area contributed by atoms with Gasteiger partial charge in [0.2, 0.25) is 11.8 Å². The van der Waals surface area contributed by atoms with Gasteiger partial charge in [-0.25, -0.2) is 9.37 Å². The van der Waals surface area contributed by atoms with Crippen LogP contribution in [0.1, 0.15) is 11.3 Å². The maximum Gasteiger partial charge on any atom is 0.228 e. The second-order valence-corrected chi connectivity index (χ2v) is 5.60. The molecule has 0 spiro atoms. The normalized spacial score (nSPS) is 14.4. The predicted octanol–water partition coefficient (Wildman–Crippen LogP) is 2.13. The molecule has 1 fully saturated rings. The van der Waals surface area contributed by atoms with Gasteiger partial charge < -0.3 is 14.5 Å². The van der Waals surface area contributed by atoms with Gasteiger partial charge in [0.15, 0.2) is 0 Å². The van der Waals surface area contributed by atoms with Gasteiger partial charge in [-0.3, -0.25) is 0 Å². The average molecular weight is 327 g/mol. The molecule has 0 radical (unpaired) electrons. The van der Waals surface area contributed by atoms with E-state index >= 15 is 0 Å². The van der Waals surface area contributed by atoms with E-state index in [1.54, 1.807) is 25.3 Å². The summed E-state index contributed by atoms with van der Waals surface area (Å²) in [6.07, 6.45) is 0. The van der Waals surface area contributed by atoms with Gasteiger partial charge in [-0.1, -0.05) is 0 Å². The Labute approximate surface area is 140 Å². The number of aryl methyl sites for hydroxylation is 1. The first kappa shape index (κ1) is 16.0. The molecule has 1 aliphatic heterocycles. The molecule has 0 bridgehead atoms. The molecule has 1 aliphatic rings. The number of ether oxygens (including phenoxy) is 1. The van der Waals surface area contributed by atoms with Gasteiger partial charge in [0, 0.05) is 37.9 Å². The van der Waals surface area contributed by atoms with Gasteiger partial charge in [0.05, 0.1) is 24.4 Å². The average Bonchev–Trinajstić information content (AvgIpc) is 2.61. The molecule has 0 unspecified atom stereocenters. The summed E-state index contributed by atoms with van der Waals surface area (Å²) in [5, 5.41) is 8.83. The number of nitriles is 1. The van der Waals surface area contributed by atoms with Crippen molar-refractivity contribution in [3.05, 3.63) is 41.3 Å². The van der Waals surface area contributed by atoms with Crippen molar-refractivity contribution >= 4 is 11.6 Å². The number of hydrogen-bond donors (Lipinski definition) is 0. The van der Waals surface area contributed by atoms with Crippen LogP contribution in [0.15, 0.2) is 24.3 Å². The Kier molecular flexibility index (Phi) is 4.47. The maximum atomic E-state index is 14.1. The van der Waals surface area contributed by atoms with E-state index in [9.17, 15) is 4.39 Å². The van der Waals surface area contributed by atoms with Crippen LogP contribution in [-0.4, -0.2) is 43.3 Å². The number of methoxy groups -OCH3 is 1. The molecule has 0 aliphatic carbocycles. The summed E-state index contributed by atoms with van der Waals surface area (Å²) in [5.74, 6) is 0.806. The lowest BCUT2D eigenvalue weighted by molar-refractivity contribution is 0.396. The molecule has 1 aromatic heterocycles. The summed E-state index contributed by atoms with van der Waals surface area (Å²) in [7, 11) is 1.58. The van der Waals surface area contributed by atoms with Crippen molar-refractivity contribution in [2.75, 3.05) is 43.1 Å². The molecular formula is C17H18FN5O. The third-order valence-electron chi connectivity index (χ3n) is 4.01. The van der Waals surface area contributed by atoms with Crippen LogP contribution in [0.25, 0.3) is 0 Å². The van der Waals surface area contributed by atoms with Crippen LogP contribution < -0.4 is 14.5 Å². The van der Waals surface area contributed by atoms with Crippen molar-refractivity contribution in [3.63, 3.8) is 0 Å². The summed E-state index contributed by atoms with van der Waals surface area (Å²) in [5.41, 5.74) is 1.70. The molecule has 2 heterocycles. The quantitative estimate of drug-likeness (QED) is 0.860. The third-order valence-corrected chi connectivity index (χ3v) is 4.01. The molecule has 0 atom stereocenters. The summed E-state index contributed by atoms with van der Waals surface area (Å²) in [6, 6.07) is 8.31. The molecular weight excluding hydrogens is 309 g/mol. The van der Waals surface area contributed by atoms with Crippen LogP contribution >= 0.6 is 0 Å². The van der Waals surface area contributed by atoms with Crippen molar-refractivity contribution in [2.45, 2.75) is 6.92 Å². The topological polar surface area (TPSA) is 65.3 Å². The minimum atomic E-state index is -0.365. The third kappa shape index (κ3) is 3.23. The molecule has 0 amide bonds. The number of hydrogen-bond acceptors (Lipinski definition) is 6. The van der Waals surface area contributed by atoms with E-state index in [0.29, 0.717) is 49.3 Å². The number of anilines is 2. The lowest BCUT2D eigenvalue weighted by Gasteiger charge is -2.36. The predicted molar refractivity (Wildman–Crippen MR) is 88.9 cm³/mol. The van der Waals surface area contributed by atoms with Gasteiger partial charge in [0.1, 0.15) is 5.82 Å². The second kappa shape index (κ2) is 6.71. The molecule has 3 rings (SSSR count). The number of aromatic nitrogens is 2. The first-order valence-electron chi connectivity index (χ1n) is 7.70. The molecule has 1 saturated heterocycles. The van der Waals surface area contributed by atoms with Gasteiger partial charge in [-0.15, -0.1) is 0 Å². The fraction of sp³-hybridized carbons (Fsp3) is 0.353. The Bertz CT molecular complexity index is 781. The van der Waals surface area contributed by atoms with E-state index in [0.717, 1.165) is 5.69 Å². The van der Waals surface area contributed by atoms with Crippen molar-refractivity contribution in [3.8, 4) is 11.9 Å². The molecule has 2 aromatic rings. The molecule has 0 N–H and O–H groups in total. The molecule has 0 saturated carbocycles. The van der Waals surface area contributed by atoms with Crippen LogP contribution in [0.4, 0.5) is 16.0 Å². The van der Waals surface area contributed by atoms with E-state index < -0.39 is 0 Å². The Morgan fingerprint density at radius 3 is 2.46 bits per heavy atom. The minimum absolute atomic E-state index is 0.329. The number of piperazine rings is 1. The summed E-state index contributed by atoms with van der Waals surface area (Å²) < 4.78 is 19.3. The highest BCUT2D eigenvalue weighted by atomic mass is 19.1. The van der Waals surface area contributed by atoms with Gasteiger partial charge >= 0.3 is 0 Å². The van der Waals surface area contributed by atoms with Crippen LogP contribution in [-0.2, 0) is 0 Å². The Balaban J connectivity index is 1.72. The van der Waals surface area contributed by atoms with Crippen molar-refractivity contribution in [1.82, 2.24) is 9.97 Å². The molecule has 7 heteroatoms. The van der Waals surface area contributed by atoms with Crippen LogP contribution in [0.2, 0.25) is 0 Å². The first-order valence-corrected chi connectivity index (χ1v) is 7.70. The van der Waals surface area contributed by atoms with Crippen molar-refractivity contribution in [1.29, 1.82) is 5.26 Å². The highest BCUT2D eigenvalue weighted by Crippen LogP contribution is 2.23. The monoisotopic (exact) mass is 327 g/mol. The first-order chi connectivity index (χ1) is 11.6. The lowest BCUT2D eigenvalue weighted by atomic mass is 10.2. The summed E-state index contributed by atoms with van der Waals surface area (Å²) >= 11 is 0. The largest absolute Gasteiger partial charge is 0.481 e. The number of benzene rings is 1. The SMILES string of the molecule is COc1cc(C)nc(N2CCN(c3ccc(C#N)cc3F)CC2)n1. The van der Waals surface area contributed by atoms with Gasteiger partial charge in [-0.05, 0) is 25.1 Å². The smallest absolute Gasteiger partial charge is 0.228 e. The minimum Gasteiger partial charge on any atom is -0.481 e. The van der Waals surface area contributed by atoms with E-state index in [2.05, 4.69) is 14.9 Å². The standard InChI is InChI=1S/C17H18FN5O/c1-12-9-16(24-2)21-17(20-12)23-7-5-22(6-8-23)15-4-3-13(11-19)10-14(15)18/h3-4,9-10H,5-8H2,1-2H3. The van der Waals surface area contributed by atoms with E-state index in [1.165, 1.54) is 6.07 Å². The fourth-order valence-electron chi connectivity index (χ4n) is 2.75. The highest BCUT2D eigenvalue weighted by Gasteiger charge is 2.22. The summed E-state index contributed by atoms with van der Waals surface area (Å²) in [4.78, 5) is 12.9. The van der Waals surface area contributed by atoms with Crippen LogP contribution in [0, 0.1) is 24.1 Å². The van der Waals surface area contributed by atoms with Crippen LogP contribution in [0.5, 0.6) is 5.88 Å². The van der Waals surface area contributed by atoms with Gasteiger partial charge in [0.25, 0.3) is 0 Å². The maximum absolute atomic E-state index is 14.1. The van der Waals surface area contributed by atoms with Gasteiger partial charge in [-0.2, -0.15) is 10.2 Å². The second-order valence-electron chi connectivity index (χ2n) is 5.60. The summed E-state index contributed by atoms with van der Waals surface area (Å²) in [6.45, 7) is 4.58. The fourth-order valence-corrected chi connectivity index (χ4v) is 2.75. The van der Waals surface area contributed by atoms with E-state index in [4.69, 9.17) is 10.00 Å². The molecule has 1 aromatic carbocycles. The molecule has 24 heavy (non-hydrogen) atoms. The Hall–Kier alpha value is -2.88. The number of rotatable bonds is 3. The number of nitrogens with zero attached hydrogens (tertiary/aromatic N) is 5. The highest BCUT2D eigenvalue weighted by molar-refractivity contribution is 5.52. The van der Waals surface area contributed by atoms with Crippen LogP contribution in [0.3, 0.4) is 0 Å². The molecule has 124 valence electrons. The Morgan fingerprint density at radius 1 is 1.12 bits per heavy atom. The zero-order valence-corrected chi connectivity index (χ0v) is 13.7. The number of halogens is 1. The zero-order valence-electron chi connectivity index (χ0n) is 13.7.